The highest BCUT2D eigenvalue weighted by atomic mass is 32.2. The maximum atomic E-state index is 6.26. The number of hydrazone groups is 1. The Morgan fingerprint density at radius 1 is 1.08 bits per heavy atom. The number of nitrogens with zero attached hydrogens (tertiary/aromatic N) is 6. The van der Waals surface area contributed by atoms with Crippen molar-refractivity contribution in [3.63, 3.8) is 0 Å². The fourth-order valence-corrected chi connectivity index (χ4v) is 3.80. The Hall–Kier alpha value is -2.58. The average molecular weight is 367 g/mol. The molecule has 2 N–H and O–H groups in total. The van der Waals surface area contributed by atoms with Crippen LogP contribution in [0.2, 0.25) is 0 Å². The summed E-state index contributed by atoms with van der Waals surface area (Å²) in [6, 6.07) is 14.2. The van der Waals surface area contributed by atoms with Gasteiger partial charge in [-0.15, -0.1) is 0 Å². The molecule has 4 rings (SSSR count). The SMILES string of the molecule is Cc1cc(C)n(CC2=NN(c3ccn(Cc4ccccc4)n3)C(N)S2)n1. The first-order valence-electron chi connectivity index (χ1n) is 8.46. The molecule has 3 heterocycles. The lowest BCUT2D eigenvalue weighted by atomic mass is 10.2. The normalized spacial score (nSPS) is 17.0. The van der Waals surface area contributed by atoms with Crippen LogP contribution in [0.1, 0.15) is 17.0 Å². The first-order chi connectivity index (χ1) is 12.6. The maximum Gasteiger partial charge on any atom is 0.173 e. The third-order valence-corrected chi connectivity index (χ3v) is 5.08. The van der Waals surface area contributed by atoms with Crippen molar-refractivity contribution < 1.29 is 0 Å². The average Bonchev–Trinajstić information content (AvgIpc) is 3.29. The largest absolute Gasteiger partial charge is 0.301 e. The molecule has 26 heavy (non-hydrogen) atoms. The number of hydrogen-bond donors (Lipinski definition) is 1. The minimum absolute atomic E-state index is 0.276. The van der Waals surface area contributed by atoms with E-state index in [1.807, 2.05) is 53.7 Å². The van der Waals surface area contributed by atoms with Gasteiger partial charge in [-0.25, -0.2) is 5.01 Å². The van der Waals surface area contributed by atoms with Gasteiger partial charge in [0.25, 0.3) is 0 Å². The van der Waals surface area contributed by atoms with E-state index in [4.69, 9.17) is 5.73 Å². The van der Waals surface area contributed by atoms with Crippen LogP contribution in [0.4, 0.5) is 5.82 Å². The summed E-state index contributed by atoms with van der Waals surface area (Å²) in [5, 5.41) is 16.5. The van der Waals surface area contributed by atoms with E-state index in [9.17, 15) is 0 Å². The van der Waals surface area contributed by atoms with E-state index < -0.39 is 0 Å². The van der Waals surface area contributed by atoms with Gasteiger partial charge in [0.05, 0.1) is 18.8 Å². The molecule has 8 heteroatoms. The molecule has 0 saturated carbocycles. The second kappa shape index (κ2) is 6.97. The molecule has 134 valence electrons. The summed E-state index contributed by atoms with van der Waals surface area (Å²) in [6.45, 7) is 5.38. The number of aromatic nitrogens is 4. The van der Waals surface area contributed by atoms with Crippen LogP contribution in [-0.4, -0.2) is 30.1 Å². The first kappa shape index (κ1) is 16.9. The van der Waals surface area contributed by atoms with Crippen LogP contribution in [0.15, 0.2) is 53.8 Å². The number of thioether (sulfide) groups is 1. The van der Waals surface area contributed by atoms with E-state index >= 15 is 0 Å². The lowest BCUT2D eigenvalue weighted by molar-refractivity contribution is 0.673. The van der Waals surface area contributed by atoms with Crippen LogP contribution >= 0.6 is 11.8 Å². The minimum Gasteiger partial charge on any atom is -0.301 e. The van der Waals surface area contributed by atoms with E-state index in [1.54, 1.807) is 5.01 Å². The molecule has 1 aliphatic rings. The second-order valence-electron chi connectivity index (χ2n) is 6.29. The van der Waals surface area contributed by atoms with E-state index in [1.165, 1.54) is 17.3 Å². The molecule has 2 aromatic heterocycles. The van der Waals surface area contributed by atoms with Crippen molar-refractivity contribution in [2.75, 3.05) is 5.01 Å². The fraction of sp³-hybridized carbons (Fsp3) is 0.278. The number of hydrogen-bond acceptors (Lipinski definition) is 6. The third kappa shape index (κ3) is 3.51. The van der Waals surface area contributed by atoms with Crippen LogP contribution in [0.5, 0.6) is 0 Å². The molecule has 7 nitrogen and oxygen atoms in total. The number of anilines is 1. The van der Waals surface area contributed by atoms with Crippen molar-refractivity contribution in [3.05, 3.63) is 65.6 Å². The summed E-state index contributed by atoms with van der Waals surface area (Å²) in [5.74, 6) is 0.754. The molecule has 1 aliphatic heterocycles. The van der Waals surface area contributed by atoms with Gasteiger partial charge in [0.15, 0.2) is 11.3 Å². The van der Waals surface area contributed by atoms with Gasteiger partial charge in [0.2, 0.25) is 0 Å². The number of benzene rings is 1. The Balaban J connectivity index is 1.49. The topological polar surface area (TPSA) is 77.3 Å². The maximum absolute atomic E-state index is 6.26. The predicted molar refractivity (Wildman–Crippen MR) is 105 cm³/mol. The van der Waals surface area contributed by atoms with E-state index in [0.717, 1.165) is 28.8 Å². The van der Waals surface area contributed by atoms with E-state index in [0.29, 0.717) is 6.54 Å². The monoisotopic (exact) mass is 367 g/mol. The Kier molecular flexibility index (Phi) is 4.52. The number of aryl methyl sites for hydroxylation is 2. The van der Waals surface area contributed by atoms with Gasteiger partial charge in [-0.2, -0.15) is 15.3 Å². The third-order valence-electron chi connectivity index (χ3n) is 4.15. The number of rotatable bonds is 5. The Labute approximate surface area is 156 Å². The second-order valence-corrected chi connectivity index (χ2v) is 7.48. The molecule has 1 unspecified atom stereocenters. The molecule has 1 aromatic carbocycles. The molecule has 0 spiro atoms. The van der Waals surface area contributed by atoms with Crippen molar-refractivity contribution in [2.45, 2.75) is 32.4 Å². The zero-order chi connectivity index (χ0) is 18.1. The Morgan fingerprint density at radius 3 is 2.62 bits per heavy atom. The summed E-state index contributed by atoms with van der Waals surface area (Å²) in [4.78, 5) is 0. The molecule has 0 bridgehead atoms. The van der Waals surface area contributed by atoms with E-state index in [-0.39, 0.29) is 5.50 Å². The van der Waals surface area contributed by atoms with Crippen molar-refractivity contribution in [3.8, 4) is 0 Å². The van der Waals surface area contributed by atoms with Crippen LogP contribution < -0.4 is 10.7 Å². The highest BCUT2D eigenvalue weighted by Crippen LogP contribution is 2.28. The van der Waals surface area contributed by atoms with Gasteiger partial charge in [-0.1, -0.05) is 42.1 Å². The molecule has 0 radical (unpaired) electrons. The molecule has 0 aliphatic carbocycles. The summed E-state index contributed by atoms with van der Waals surface area (Å²) in [5.41, 5.74) is 9.31. The van der Waals surface area contributed by atoms with Gasteiger partial charge in [0.1, 0.15) is 5.04 Å². The molecule has 0 saturated heterocycles. The minimum atomic E-state index is -0.276. The predicted octanol–water partition coefficient (Wildman–Crippen LogP) is 2.55. The Morgan fingerprint density at radius 2 is 1.88 bits per heavy atom. The van der Waals surface area contributed by atoms with Crippen LogP contribution in [0, 0.1) is 13.8 Å². The van der Waals surface area contributed by atoms with Crippen molar-refractivity contribution in [2.24, 2.45) is 10.8 Å². The van der Waals surface area contributed by atoms with Gasteiger partial charge < -0.3 is 5.73 Å². The molecule has 0 amide bonds. The van der Waals surface area contributed by atoms with Crippen LogP contribution in [0.25, 0.3) is 0 Å². The van der Waals surface area contributed by atoms with E-state index in [2.05, 4.69) is 33.5 Å². The zero-order valence-corrected chi connectivity index (χ0v) is 15.6. The summed E-state index contributed by atoms with van der Waals surface area (Å²) in [6.07, 6.45) is 1.95. The highest BCUT2D eigenvalue weighted by Gasteiger charge is 2.27. The summed E-state index contributed by atoms with van der Waals surface area (Å²) >= 11 is 1.54. The molecule has 1 atom stereocenters. The summed E-state index contributed by atoms with van der Waals surface area (Å²) < 4.78 is 3.85. The van der Waals surface area contributed by atoms with Gasteiger partial charge in [-0.3, -0.25) is 9.36 Å². The smallest absolute Gasteiger partial charge is 0.173 e. The quantitative estimate of drug-likeness (QED) is 0.750. The van der Waals surface area contributed by atoms with Crippen LogP contribution in [0.3, 0.4) is 0 Å². The van der Waals surface area contributed by atoms with Crippen molar-refractivity contribution in [1.82, 2.24) is 19.6 Å². The van der Waals surface area contributed by atoms with Crippen molar-refractivity contribution in [1.29, 1.82) is 0 Å². The highest BCUT2D eigenvalue weighted by molar-refractivity contribution is 8.14. The molecular formula is C18H21N7S. The molecular weight excluding hydrogens is 346 g/mol. The fourth-order valence-electron chi connectivity index (χ4n) is 2.94. The van der Waals surface area contributed by atoms with Gasteiger partial charge in [0, 0.05) is 18.0 Å². The van der Waals surface area contributed by atoms with Crippen LogP contribution in [-0.2, 0) is 13.1 Å². The molecule has 0 fully saturated rings. The summed E-state index contributed by atoms with van der Waals surface area (Å²) in [7, 11) is 0. The van der Waals surface area contributed by atoms with Crippen molar-refractivity contribution >= 4 is 22.6 Å². The first-order valence-corrected chi connectivity index (χ1v) is 9.34. The standard InChI is InChI=1S/C18H21N7S/c1-13-10-14(2)24(20-13)12-17-22-25(18(19)26-17)16-8-9-23(21-16)11-15-6-4-3-5-7-15/h3-10,18H,11-12,19H2,1-2H3. The zero-order valence-electron chi connectivity index (χ0n) is 14.8. The Bertz CT molecular complexity index is 928. The molecule has 3 aromatic rings. The van der Waals surface area contributed by atoms with Gasteiger partial charge in [-0.05, 0) is 25.5 Å². The lowest BCUT2D eigenvalue weighted by Gasteiger charge is -2.15. The lowest BCUT2D eigenvalue weighted by Crippen LogP contribution is -2.32. The number of nitrogens with two attached hydrogens (primary N) is 1. The van der Waals surface area contributed by atoms with Gasteiger partial charge >= 0.3 is 0 Å².